The summed E-state index contributed by atoms with van der Waals surface area (Å²) in [5, 5.41) is 4.50. The molecule has 0 aliphatic carbocycles. The van der Waals surface area contributed by atoms with Crippen LogP contribution in [0.2, 0.25) is 5.02 Å². The molecule has 0 amide bonds. The lowest BCUT2D eigenvalue weighted by molar-refractivity contribution is -0.142. The SMILES string of the molecule is C#Cc1c(-c2ccc(Cl)cc2)nn2c(C(F)(F)F)ccnc12. The molecule has 110 valence electrons. The zero-order chi connectivity index (χ0) is 15.9. The number of hydrogen-bond acceptors (Lipinski definition) is 2. The van der Waals surface area contributed by atoms with Crippen LogP contribution in [0.3, 0.4) is 0 Å². The minimum absolute atomic E-state index is 0.0118. The minimum Gasteiger partial charge on any atom is -0.236 e. The van der Waals surface area contributed by atoms with Crippen LogP contribution in [0.25, 0.3) is 16.9 Å². The van der Waals surface area contributed by atoms with E-state index in [2.05, 4.69) is 16.0 Å². The Morgan fingerprint density at radius 1 is 1.14 bits per heavy atom. The summed E-state index contributed by atoms with van der Waals surface area (Å²) < 4.78 is 39.9. The van der Waals surface area contributed by atoms with Gasteiger partial charge in [-0.2, -0.15) is 18.3 Å². The third-order valence-corrected chi connectivity index (χ3v) is 3.32. The topological polar surface area (TPSA) is 30.2 Å². The Hall–Kier alpha value is -2.52. The predicted molar refractivity (Wildman–Crippen MR) is 76.4 cm³/mol. The van der Waals surface area contributed by atoms with Crippen molar-refractivity contribution in [1.29, 1.82) is 0 Å². The van der Waals surface area contributed by atoms with Crippen molar-refractivity contribution in [3.8, 4) is 23.6 Å². The molecule has 0 aliphatic heterocycles. The van der Waals surface area contributed by atoms with E-state index >= 15 is 0 Å². The lowest BCUT2D eigenvalue weighted by Crippen LogP contribution is -2.12. The van der Waals surface area contributed by atoms with E-state index in [0.29, 0.717) is 10.6 Å². The summed E-state index contributed by atoms with van der Waals surface area (Å²) in [5.41, 5.74) is 0.0734. The smallest absolute Gasteiger partial charge is 0.236 e. The van der Waals surface area contributed by atoms with E-state index in [0.717, 1.165) is 16.8 Å². The van der Waals surface area contributed by atoms with E-state index in [1.807, 2.05) is 0 Å². The molecule has 3 aromatic rings. The van der Waals surface area contributed by atoms with Gasteiger partial charge in [-0.05, 0) is 18.2 Å². The largest absolute Gasteiger partial charge is 0.433 e. The molecule has 2 aromatic heterocycles. The first-order valence-electron chi connectivity index (χ1n) is 6.09. The van der Waals surface area contributed by atoms with E-state index in [-0.39, 0.29) is 16.9 Å². The number of halogens is 4. The first-order valence-corrected chi connectivity index (χ1v) is 6.47. The van der Waals surface area contributed by atoms with Crippen molar-refractivity contribution >= 4 is 17.2 Å². The van der Waals surface area contributed by atoms with Gasteiger partial charge in [0, 0.05) is 16.8 Å². The molecule has 0 spiro atoms. The molecular formula is C15H7ClF3N3. The van der Waals surface area contributed by atoms with Crippen LogP contribution >= 0.6 is 11.6 Å². The molecule has 0 saturated carbocycles. The second kappa shape index (κ2) is 5.04. The Morgan fingerprint density at radius 2 is 1.82 bits per heavy atom. The van der Waals surface area contributed by atoms with Crippen molar-refractivity contribution in [2.24, 2.45) is 0 Å². The fourth-order valence-corrected chi connectivity index (χ4v) is 2.23. The summed E-state index contributed by atoms with van der Waals surface area (Å²) in [6, 6.07) is 7.35. The average Bonchev–Trinajstić information content (AvgIpc) is 2.85. The van der Waals surface area contributed by atoms with E-state index in [4.69, 9.17) is 18.0 Å². The summed E-state index contributed by atoms with van der Waals surface area (Å²) in [6.45, 7) is 0. The van der Waals surface area contributed by atoms with Crippen LogP contribution < -0.4 is 0 Å². The summed E-state index contributed by atoms with van der Waals surface area (Å²) in [5.74, 6) is 2.36. The van der Waals surface area contributed by atoms with Crippen LogP contribution in [0, 0.1) is 12.3 Å². The number of benzene rings is 1. The summed E-state index contributed by atoms with van der Waals surface area (Å²) in [4.78, 5) is 3.92. The van der Waals surface area contributed by atoms with Gasteiger partial charge < -0.3 is 0 Å². The molecule has 0 atom stereocenters. The molecule has 0 saturated heterocycles. The summed E-state index contributed by atoms with van der Waals surface area (Å²) in [7, 11) is 0. The first-order chi connectivity index (χ1) is 10.4. The molecule has 3 nitrogen and oxygen atoms in total. The van der Waals surface area contributed by atoms with E-state index < -0.39 is 11.9 Å². The lowest BCUT2D eigenvalue weighted by atomic mass is 10.1. The maximum atomic E-state index is 13.1. The molecule has 0 unspecified atom stereocenters. The molecule has 3 rings (SSSR count). The molecule has 0 fully saturated rings. The van der Waals surface area contributed by atoms with Gasteiger partial charge in [0.05, 0.1) is 5.56 Å². The second-order valence-corrected chi connectivity index (χ2v) is 4.87. The maximum Gasteiger partial charge on any atom is 0.433 e. The monoisotopic (exact) mass is 321 g/mol. The standard InChI is InChI=1S/C15H7ClF3N3/c1-2-11-13(9-3-5-10(16)6-4-9)21-22-12(15(17,18)19)7-8-20-14(11)22/h1,3-8H. The zero-order valence-electron chi connectivity index (χ0n) is 10.9. The van der Waals surface area contributed by atoms with Crippen LogP contribution in [-0.4, -0.2) is 14.6 Å². The summed E-state index contributed by atoms with van der Waals surface area (Å²) in [6.07, 6.45) is 1.94. The highest BCUT2D eigenvalue weighted by molar-refractivity contribution is 6.30. The number of rotatable bonds is 1. The Morgan fingerprint density at radius 3 is 2.41 bits per heavy atom. The van der Waals surface area contributed by atoms with Gasteiger partial charge in [0.25, 0.3) is 0 Å². The third kappa shape index (κ3) is 2.30. The number of nitrogens with zero attached hydrogens (tertiary/aromatic N) is 3. The van der Waals surface area contributed by atoms with Crippen LogP contribution in [0.4, 0.5) is 13.2 Å². The lowest BCUT2D eigenvalue weighted by Gasteiger charge is -2.07. The van der Waals surface area contributed by atoms with Crippen LogP contribution in [-0.2, 0) is 6.18 Å². The average molecular weight is 322 g/mol. The van der Waals surface area contributed by atoms with Crippen molar-refractivity contribution in [1.82, 2.24) is 14.6 Å². The molecular weight excluding hydrogens is 315 g/mol. The quantitative estimate of drug-likeness (QED) is 0.633. The highest BCUT2D eigenvalue weighted by Crippen LogP contribution is 2.32. The van der Waals surface area contributed by atoms with Gasteiger partial charge >= 0.3 is 6.18 Å². The normalized spacial score (nSPS) is 11.6. The Bertz CT molecular complexity index is 889. The zero-order valence-corrected chi connectivity index (χ0v) is 11.7. The molecule has 2 heterocycles. The van der Waals surface area contributed by atoms with Crippen LogP contribution in [0.15, 0.2) is 36.5 Å². The highest BCUT2D eigenvalue weighted by atomic mass is 35.5. The van der Waals surface area contributed by atoms with Crippen molar-refractivity contribution < 1.29 is 13.2 Å². The van der Waals surface area contributed by atoms with Gasteiger partial charge in [0.15, 0.2) is 5.65 Å². The molecule has 1 aromatic carbocycles. The fraction of sp³-hybridized carbons (Fsp3) is 0.0667. The Kier molecular flexibility index (Phi) is 3.30. The molecule has 7 heteroatoms. The van der Waals surface area contributed by atoms with Crippen molar-refractivity contribution in [3.05, 3.63) is 52.8 Å². The van der Waals surface area contributed by atoms with Gasteiger partial charge in [-0.15, -0.1) is 6.42 Å². The number of hydrogen-bond donors (Lipinski definition) is 0. The third-order valence-electron chi connectivity index (χ3n) is 3.07. The van der Waals surface area contributed by atoms with Gasteiger partial charge in [-0.25, -0.2) is 9.50 Å². The Labute approximate surface area is 128 Å². The number of fused-ring (bicyclic) bond motifs is 1. The van der Waals surface area contributed by atoms with Crippen molar-refractivity contribution in [2.75, 3.05) is 0 Å². The number of alkyl halides is 3. The van der Waals surface area contributed by atoms with Gasteiger partial charge in [-0.1, -0.05) is 29.7 Å². The van der Waals surface area contributed by atoms with Gasteiger partial charge in [0.1, 0.15) is 11.4 Å². The highest BCUT2D eigenvalue weighted by Gasteiger charge is 2.35. The summed E-state index contributed by atoms with van der Waals surface area (Å²) >= 11 is 5.81. The number of terminal acetylenes is 1. The maximum absolute atomic E-state index is 13.1. The minimum atomic E-state index is -4.56. The second-order valence-electron chi connectivity index (χ2n) is 4.44. The van der Waals surface area contributed by atoms with Gasteiger partial charge in [0.2, 0.25) is 0 Å². The van der Waals surface area contributed by atoms with E-state index in [9.17, 15) is 13.2 Å². The van der Waals surface area contributed by atoms with E-state index in [1.165, 1.54) is 0 Å². The molecule has 22 heavy (non-hydrogen) atoms. The first kappa shape index (κ1) is 14.4. The van der Waals surface area contributed by atoms with Crippen LogP contribution in [0.1, 0.15) is 11.3 Å². The molecule has 0 N–H and O–H groups in total. The van der Waals surface area contributed by atoms with Crippen molar-refractivity contribution in [2.45, 2.75) is 6.18 Å². The Balaban J connectivity index is 2.33. The fourth-order valence-electron chi connectivity index (χ4n) is 2.10. The molecule has 0 bridgehead atoms. The van der Waals surface area contributed by atoms with E-state index in [1.54, 1.807) is 24.3 Å². The van der Waals surface area contributed by atoms with Crippen LogP contribution in [0.5, 0.6) is 0 Å². The van der Waals surface area contributed by atoms with Crippen molar-refractivity contribution in [3.63, 3.8) is 0 Å². The predicted octanol–water partition coefficient (Wildman–Crippen LogP) is 4.05. The molecule has 0 aliphatic rings. The van der Waals surface area contributed by atoms with Gasteiger partial charge in [-0.3, -0.25) is 0 Å². The molecule has 0 radical (unpaired) electrons. The number of aromatic nitrogens is 3.